The van der Waals surface area contributed by atoms with Crippen molar-refractivity contribution in [3.63, 3.8) is 0 Å². The molecule has 5 heteroatoms. The number of rotatable bonds is 3. The molecule has 1 saturated heterocycles. The molecule has 1 N–H and O–H groups in total. The molecule has 1 aromatic heterocycles. The molecule has 1 aromatic rings. The zero-order chi connectivity index (χ0) is 15.2. The van der Waals surface area contributed by atoms with E-state index in [-0.39, 0.29) is 11.7 Å². The molecule has 1 aliphatic carbocycles. The van der Waals surface area contributed by atoms with Crippen molar-refractivity contribution < 1.29 is 4.74 Å². The molecule has 0 spiro atoms. The van der Waals surface area contributed by atoms with Crippen molar-refractivity contribution >= 4 is 11.6 Å². The van der Waals surface area contributed by atoms with Crippen LogP contribution in [0.5, 0.6) is 0 Å². The predicted molar refractivity (Wildman–Crippen MR) is 85.1 cm³/mol. The highest BCUT2D eigenvalue weighted by Crippen LogP contribution is 2.40. The van der Waals surface area contributed by atoms with Crippen LogP contribution in [0, 0.1) is 6.92 Å². The molecule has 1 saturated carbocycles. The molecule has 5 nitrogen and oxygen atoms in total. The van der Waals surface area contributed by atoms with E-state index in [0.29, 0.717) is 5.92 Å². The number of aromatic nitrogens is 2. The molecule has 1 atom stereocenters. The highest BCUT2D eigenvalue weighted by atomic mass is 16.5. The summed E-state index contributed by atoms with van der Waals surface area (Å²) in [6.45, 7) is 10.3. The first-order chi connectivity index (χ1) is 9.89. The lowest BCUT2D eigenvalue weighted by Gasteiger charge is -2.42. The topological polar surface area (TPSA) is 50.3 Å². The number of ether oxygens (including phenoxy) is 1. The molecular weight excluding hydrogens is 264 g/mol. The van der Waals surface area contributed by atoms with Gasteiger partial charge >= 0.3 is 0 Å². The summed E-state index contributed by atoms with van der Waals surface area (Å²) in [7, 11) is 1.93. The van der Waals surface area contributed by atoms with Gasteiger partial charge in [0, 0.05) is 31.6 Å². The van der Waals surface area contributed by atoms with Gasteiger partial charge < -0.3 is 15.0 Å². The van der Waals surface area contributed by atoms with E-state index < -0.39 is 0 Å². The van der Waals surface area contributed by atoms with Gasteiger partial charge in [-0.1, -0.05) is 0 Å². The summed E-state index contributed by atoms with van der Waals surface area (Å²) in [6, 6.07) is 0. The Hall–Kier alpha value is -1.36. The molecule has 0 amide bonds. The quantitative estimate of drug-likeness (QED) is 0.927. The molecular formula is C16H26N4O. The first kappa shape index (κ1) is 14.6. The van der Waals surface area contributed by atoms with Crippen LogP contribution < -0.4 is 10.2 Å². The van der Waals surface area contributed by atoms with Gasteiger partial charge in [0.15, 0.2) is 0 Å². The maximum atomic E-state index is 6.01. The van der Waals surface area contributed by atoms with Crippen molar-refractivity contribution in [2.75, 3.05) is 30.4 Å². The van der Waals surface area contributed by atoms with Crippen LogP contribution in [-0.2, 0) is 4.74 Å². The molecule has 1 aliphatic heterocycles. The molecule has 0 aromatic carbocycles. The Morgan fingerprint density at radius 1 is 1.29 bits per heavy atom. The lowest BCUT2D eigenvalue weighted by atomic mass is 10.0. The zero-order valence-corrected chi connectivity index (χ0v) is 13.7. The van der Waals surface area contributed by atoms with Gasteiger partial charge in [-0.3, -0.25) is 0 Å². The minimum atomic E-state index is -0.144. The zero-order valence-electron chi connectivity index (χ0n) is 13.7. The van der Waals surface area contributed by atoms with Gasteiger partial charge in [0.05, 0.1) is 11.7 Å². The number of nitrogens with one attached hydrogen (secondary N) is 1. The number of nitrogens with zero attached hydrogens (tertiary/aromatic N) is 3. The Morgan fingerprint density at radius 3 is 2.57 bits per heavy atom. The van der Waals surface area contributed by atoms with E-state index in [1.807, 2.05) is 7.05 Å². The maximum absolute atomic E-state index is 6.01. The molecule has 0 radical (unpaired) electrons. The molecule has 1 unspecified atom stereocenters. The van der Waals surface area contributed by atoms with Crippen LogP contribution >= 0.6 is 0 Å². The fraction of sp³-hybridized carbons (Fsp3) is 0.750. The first-order valence-electron chi connectivity index (χ1n) is 7.88. The van der Waals surface area contributed by atoms with Crippen LogP contribution in [0.3, 0.4) is 0 Å². The van der Waals surface area contributed by atoms with Gasteiger partial charge in [-0.2, -0.15) is 0 Å². The van der Waals surface area contributed by atoms with E-state index >= 15 is 0 Å². The van der Waals surface area contributed by atoms with Gasteiger partial charge in [0.25, 0.3) is 0 Å². The Kier molecular flexibility index (Phi) is 3.56. The number of hydrogen-bond donors (Lipinski definition) is 1. The molecule has 21 heavy (non-hydrogen) atoms. The second-order valence-corrected chi connectivity index (χ2v) is 6.97. The fourth-order valence-corrected chi connectivity index (χ4v) is 3.21. The second kappa shape index (κ2) is 5.13. The number of anilines is 2. The average molecular weight is 290 g/mol. The normalized spacial score (nSPS) is 25.0. The van der Waals surface area contributed by atoms with Crippen molar-refractivity contribution in [2.45, 2.75) is 58.2 Å². The maximum Gasteiger partial charge on any atom is 0.137 e. The molecule has 2 fully saturated rings. The predicted octanol–water partition coefficient (Wildman–Crippen LogP) is 2.71. The lowest BCUT2D eigenvalue weighted by Crippen LogP contribution is -2.52. The largest absolute Gasteiger partial charge is 0.373 e. The number of hydrogen-bond acceptors (Lipinski definition) is 5. The Morgan fingerprint density at radius 2 is 2.00 bits per heavy atom. The average Bonchev–Trinajstić information content (AvgIpc) is 3.20. The van der Waals surface area contributed by atoms with E-state index in [1.165, 1.54) is 12.8 Å². The Bertz CT molecular complexity index is 539. The monoisotopic (exact) mass is 290 g/mol. The summed E-state index contributed by atoms with van der Waals surface area (Å²) in [6.07, 6.45) is 2.65. The smallest absolute Gasteiger partial charge is 0.137 e. The van der Waals surface area contributed by atoms with Crippen molar-refractivity contribution in [3.05, 3.63) is 11.4 Å². The molecule has 116 valence electrons. The summed E-state index contributed by atoms with van der Waals surface area (Å²) in [5.74, 6) is 3.58. The van der Waals surface area contributed by atoms with Crippen molar-refractivity contribution in [3.8, 4) is 0 Å². The number of morpholine rings is 1. The summed E-state index contributed by atoms with van der Waals surface area (Å²) in [5, 5.41) is 3.22. The van der Waals surface area contributed by atoms with E-state index in [1.54, 1.807) is 0 Å². The van der Waals surface area contributed by atoms with Crippen molar-refractivity contribution in [1.82, 2.24) is 9.97 Å². The third kappa shape index (κ3) is 2.98. The Labute approximate surface area is 127 Å². The van der Waals surface area contributed by atoms with Crippen LogP contribution in [0.4, 0.5) is 11.6 Å². The van der Waals surface area contributed by atoms with E-state index in [9.17, 15) is 0 Å². The summed E-state index contributed by atoms with van der Waals surface area (Å²) >= 11 is 0. The van der Waals surface area contributed by atoms with Crippen LogP contribution in [0.1, 0.15) is 50.9 Å². The Balaban J connectivity index is 1.98. The van der Waals surface area contributed by atoms with Crippen LogP contribution in [0.15, 0.2) is 0 Å². The second-order valence-electron chi connectivity index (χ2n) is 6.97. The van der Waals surface area contributed by atoms with Gasteiger partial charge in [0.2, 0.25) is 0 Å². The summed E-state index contributed by atoms with van der Waals surface area (Å²) < 4.78 is 6.01. The van der Waals surface area contributed by atoms with Crippen LogP contribution in [0.25, 0.3) is 0 Å². The minimum Gasteiger partial charge on any atom is -0.373 e. The van der Waals surface area contributed by atoms with E-state index in [0.717, 1.165) is 36.1 Å². The van der Waals surface area contributed by atoms with Crippen molar-refractivity contribution in [2.24, 2.45) is 0 Å². The summed E-state index contributed by atoms with van der Waals surface area (Å²) in [5.41, 5.74) is 0.987. The van der Waals surface area contributed by atoms with Gasteiger partial charge in [-0.05, 0) is 40.5 Å². The van der Waals surface area contributed by atoms with Gasteiger partial charge in [-0.15, -0.1) is 0 Å². The fourth-order valence-electron chi connectivity index (χ4n) is 3.21. The lowest BCUT2D eigenvalue weighted by molar-refractivity contribution is -0.0752. The first-order valence-corrected chi connectivity index (χ1v) is 7.88. The van der Waals surface area contributed by atoms with Crippen LogP contribution in [0.2, 0.25) is 0 Å². The SMILES string of the molecule is CNc1nc(C2CC2)nc(N2CC(C)OC(C)(C)C2)c1C. The standard InChI is InChI=1S/C16H26N4O/c1-10-8-20(9-16(3,4)21-10)15-11(2)13(17-5)18-14(19-15)12-6-7-12/h10,12H,6-9H2,1-5H3,(H,17,18,19). The highest BCUT2D eigenvalue weighted by molar-refractivity contribution is 5.59. The van der Waals surface area contributed by atoms with Gasteiger partial charge in [-0.25, -0.2) is 9.97 Å². The van der Waals surface area contributed by atoms with E-state index in [2.05, 4.69) is 42.9 Å². The van der Waals surface area contributed by atoms with Gasteiger partial charge in [0.1, 0.15) is 17.5 Å². The molecule has 0 bridgehead atoms. The minimum absolute atomic E-state index is 0.144. The molecule has 2 heterocycles. The third-order valence-electron chi connectivity index (χ3n) is 4.19. The third-order valence-corrected chi connectivity index (χ3v) is 4.19. The van der Waals surface area contributed by atoms with Crippen molar-refractivity contribution in [1.29, 1.82) is 0 Å². The highest BCUT2D eigenvalue weighted by Gasteiger charge is 2.34. The molecule has 3 rings (SSSR count). The van der Waals surface area contributed by atoms with E-state index in [4.69, 9.17) is 9.72 Å². The molecule has 2 aliphatic rings. The summed E-state index contributed by atoms with van der Waals surface area (Å²) in [4.78, 5) is 11.9. The van der Waals surface area contributed by atoms with Crippen LogP contribution in [-0.4, -0.2) is 41.8 Å².